The van der Waals surface area contributed by atoms with Crippen LogP contribution in [0.15, 0.2) is 0 Å². The summed E-state index contributed by atoms with van der Waals surface area (Å²) in [4.78, 5) is 0. The predicted octanol–water partition coefficient (Wildman–Crippen LogP) is 3.72. The molecule has 1 nitrogen and oxygen atoms in total. The summed E-state index contributed by atoms with van der Waals surface area (Å²) in [7, 11) is 0. The fourth-order valence-electron chi connectivity index (χ4n) is 2.70. The van der Waals surface area contributed by atoms with Crippen molar-refractivity contribution < 1.29 is 21.7 Å². The number of ether oxygens (including phenoxy) is 1. The van der Waals surface area contributed by atoms with Crippen LogP contribution >= 0.6 is 0 Å². The number of hydrogen-bond donors (Lipinski definition) is 0. The minimum absolute atomic E-state index is 0. The molecule has 0 unspecified atom stereocenters. The summed E-state index contributed by atoms with van der Waals surface area (Å²) in [5.74, 6) is 0. The molecular formula is C20H41BrMgO. The molecule has 0 atom stereocenters. The first kappa shape index (κ1) is 29.0. The van der Waals surface area contributed by atoms with E-state index in [-0.39, 0.29) is 40.0 Å². The zero-order chi connectivity index (χ0) is 15.4. The quantitative estimate of drug-likeness (QED) is 0.260. The van der Waals surface area contributed by atoms with Gasteiger partial charge in [0.1, 0.15) is 0 Å². The summed E-state index contributed by atoms with van der Waals surface area (Å²) < 4.78 is 4.94. The number of hydrogen-bond acceptors (Lipinski definition) is 1. The van der Waals surface area contributed by atoms with Gasteiger partial charge < -0.3 is 28.6 Å². The molecular weight excluding hydrogens is 360 g/mol. The van der Waals surface area contributed by atoms with Gasteiger partial charge in [0, 0.05) is 13.2 Å². The van der Waals surface area contributed by atoms with Crippen molar-refractivity contribution in [2.45, 2.75) is 110 Å². The molecule has 0 bridgehead atoms. The standard InChI is InChI=1S/C16H33.C4H8O.BrH.Mg/c1-3-5-7-9-11-13-15-16-14-12-10-8-6-4-2;1-2-4-5-3-1;;/h1,3-16H2,2H3;1-4H2;1H;/q-1;;;+2/p-1. The molecule has 1 aliphatic heterocycles. The molecule has 136 valence electrons. The van der Waals surface area contributed by atoms with E-state index in [4.69, 9.17) is 4.74 Å². The Balaban J connectivity index is -0.000000484. The summed E-state index contributed by atoms with van der Waals surface area (Å²) in [6.07, 6.45) is 22.4. The molecule has 1 heterocycles. The van der Waals surface area contributed by atoms with Gasteiger partial charge in [0.25, 0.3) is 0 Å². The first-order chi connectivity index (χ1) is 10.4. The van der Waals surface area contributed by atoms with Crippen molar-refractivity contribution in [3.05, 3.63) is 6.92 Å². The minimum atomic E-state index is 0. The summed E-state index contributed by atoms with van der Waals surface area (Å²) in [5, 5.41) is 0. The van der Waals surface area contributed by atoms with E-state index in [2.05, 4.69) is 13.8 Å². The Labute approximate surface area is 174 Å². The molecule has 0 aromatic rings. The first-order valence-corrected chi connectivity index (χ1v) is 9.78. The van der Waals surface area contributed by atoms with Gasteiger partial charge in [-0.2, -0.15) is 6.42 Å². The monoisotopic (exact) mass is 400 g/mol. The second-order valence-corrected chi connectivity index (χ2v) is 6.42. The van der Waals surface area contributed by atoms with Crippen LogP contribution in [-0.2, 0) is 4.74 Å². The third kappa shape index (κ3) is 28.3. The molecule has 0 aliphatic carbocycles. The Bertz CT molecular complexity index is 153. The maximum absolute atomic E-state index is 4.94. The molecule has 0 amide bonds. The van der Waals surface area contributed by atoms with Crippen molar-refractivity contribution in [2.24, 2.45) is 0 Å². The smallest absolute Gasteiger partial charge is 1.00 e. The summed E-state index contributed by atoms with van der Waals surface area (Å²) in [6, 6.07) is 0. The summed E-state index contributed by atoms with van der Waals surface area (Å²) in [6.45, 7) is 8.16. The van der Waals surface area contributed by atoms with Crippen molar-refractivity contribution in [1.29, 1.82) is 0 Å². The summed E-state index contributed by atoms with van der Waals surface area (Å²) >= 11 is 0. The van der Waals surface area contributed by atoms with Crippen molar-refractivity contribution in [3.63, 3.8) is 0 Å². The van der Waals surface area contributed by atoms with Crippen LogP contribution in [0.25, 0.3) is 0 Å². The van der Waals surface area contributed by atoms with E-state index in [1.54, 1.807) is 0 Å². The third-order valence-electron chi connectivity index (χ3n) is 4.18. The van der Waals surface area contributed by atoms with Crippen LogP contribution in [0.2, 0.25) is 0 Å². The minimum Gasteiger partial charge on any atom is -1.00 e. The van der Waals surface area contributed by atoms with Crippen LogP contribution in [0.4, 0.5) is 0 Å². The fraction of sp³-hybridized carbons (Fsp3) is 0.950. The third-order valence-corrected chi connectivity index (χ3v) is 4.18. The van der Waals surface area contributed by atoms with E-state index in [0.29, 0.717) is 0 Å². The Morgan fingerprint density at radius 1 is 0.652 bits per heavy atom. The molecule has 3 heteroatoms. The molecule has 0 aromatic heterocycles. The van der Waals surface area contributed by atoms with Crippen LogP contribution in [0.1, 0.15) is 110 Å². The molecule has 0 radical (unpaired) electrons. The number of halogens is 1. The maximum Gasteiger partial charge on any atom is 2.00 e. The molecule has 0 aromatic carbocycles. The number of rotatable bonds is 13. The normalized spacial score (nSPS) is 12.8. The largest absolute Gasteiger partial charge is 2.00 e. The van der Waals surface area contributed by atoms with Crippen LogP contribution in [0, 0.1) is 6.92 Å². The van der Waals surface area contributed by atoms with E-state index >= 15 is 0 Å². The van der Waals surface area contributed by atoms with Gasteiger partial charge in [0.2, 0.25) is 0 Å². The van der Waals surface area contributed by atoms with E-state index in [0.717, 1.165) is 19.6 Å². The Morgan fingerprint density at radius 2 is 1.00 bits per heavy atom. The van der Waals surface area contributed by atoms with Gasteiger partial charge in [0.05, 0.1) is 0 Å². The number of unbranched alkanes of at least 4 members (excludes halogenated alkanes) is 13. The van der Waals surface area contributed by atoms with Gasteiger partial charge >= 0.3 is 23.1 Å². The zero-order valence-electron chi connectivity index (χ0n) is 15.9. The second kappa shape index (κ2) is 28.0. The maximum atomic E-state index is 4.94. The second-order valence-electron chi connectivity index (χ2n) is 6.42. The Hall–Kier alpha value is 1.21. The fourth-order valence-corrected chi connectivity index (χ4v) is 2.70. The molecule has 0 N–H and O–H groups in total. The van der Waals surface area contributed by atoms with Crippen molar-refractivity contribution in [1.82, 2.24) is 0 Å². The predicted molar refractivity (Wildman–Crippen MR) is 101 cm³/mol. The Morgan fingerprint density at radius 3 is 1.26 bits per heavy atom. The molecule has 1 saturated heterocycles. The van der Waals surface area contributed by atoms with Crippen LogP contribution in [0.5, 0.6) is 0 Å². The van der Waals surface area contributed by atoms with Crippen molar-refractivity contribution in [3.8, 4) is 0 Å². The first-order valence-electron chi connectivity index (χ1n) is 9.78. The van der Waals surface area contributed by atoms with Crippen molar-refractivity contribution >= 4 is 23.1 Å². The average Bonchev–Trinajstić information content (AvgIpc) is 3.08. The Kier molecular flexibility index (Phi) is 35.3. The van der Waals surface area contributed by atoms with Gasteiger partial charge in [-0.3, -0.25) is 0 Å². The SMILES string of the molecule is C1CCOC1.[Br-].[CH2-]CCCCCCCCCCCCCCC.[Mg+2]. The van der Waals surface area contributed by atoms with E-state index in [1.807, 2.05) is 0 Å². The topological polar surface area (TPSA) is 9.23 Å². The zero-order valence-corrected chi connectivity index (χ0v) is 18.9. The van der Waals surface area contributed by atoms with Crippen LogP contribution in [-0.4, -0.2) is 36.3 Å². The van der Waals surface area contributed by atoms with Crippen LogP contribution in [0.3, 0.4) is 0 Å². The summed E-state index contributed by atoms with van der Waals surface area (Å²) in [5.41, 5.74) is 0. The van der Waals surface area contributed by atoms with Gasteiger partial charge in [-0.1, -0.05) is 90.4 Å². The van der Waals surface area contributed by atoms with Crippen molar-refractivity contribution in [2.75, 3.05) is 13.2 Å². The molecule has 0 spiro atoms. The van der Waals surface area contributed by atoms with Gasteiger partial charge in [0.15, 0.2) is 0 Å². The molecule has 0 saturated carbocycles. The average molecular weight is 402 g/mol. The van der Waals surface area contributed by atoms with Gasteiger partial charge in [-0.25, -0.2) is 0 Å². The molecule has 23 heavy (non-hydrogen) atoms. The van der Waals surface area contributed by atoms with Gasteiger partial charge in [-0.05, 0) is 12.8 Å². The van der Waals surface area contributed by atoms with E-state index < -0.39 is 0 Å². The van der Waals surface area contributed by atoms with E-state index in [9.17, 15) is 0 Å². The molecule has 1 rings (SSSR count). The van der Waals surface area contributed by atoms with Gasteiger partial charge in [-0.15, -0.1) is 0 Å². The molecule has 1 aliphatic rings. The van der Waals surface area contributed by atoms with Crippen LogP contribution < -0.4 is 17.0 Å². The van der Waals surface area contributed by atoms with E-state index in [1.165, 1.54) is 96.3 Å². The molecule has 1 fully saturated rings.